The van der Waals surface area contributed by atoms with E-state index in [1.54, 1.807) is 35.5 Å². The topological polar surface area (TPSA) is 92.7 Å². The van der Waals surface area contributed by atoms with Crippen LogP contribution < -0.4 is 28.4 Å². The second-order valence-electron chi connectivity index (χ2n) is 7.48. The van der Waals surface area contributed by atoms with E-state index in [0.29, 0.717) is 47.5 Å². The highest BCUT2D eigenvalue weighted by molar-refractivity contribution is 5.67. The Bertz CT molecular complexity index is 976. The Balaban J connectivity index is 2.11. The molecule has 0 saturated heterocycles. The van der Waals surface area contributed by atoms with Crippen molar-refractivity contribution >= 4 is 18.1 Å². The average Bonchev–Trinajstić information content (AvgIpc) is 2.87. The SMILES string of the molecule is COc1cc(C=CC=Cc2cc(OC)c(OCCCCCC(=O)O)c(OC)c2)cc(OC)c1OC. The minimum Gasteiger partial charge on any atom is -0.493 e. The number of aliphatic carboxylic acids is 1. The van der Waals surface area contributed by atoms with Crippen LogP contribution in [0.3, 0.4) is 0 Å². The molecule has 0 aliphatic heterocycles. The Morgan fingerprint density at radius 1 is 0.686 bits per heavy atom. The highest BCUT2D eigenvalue weighted by Gasteiger charge is 2.14. The van der Waals surface area contributed by atoms with Gasteiger partial charge in [-0.25, -0.2) is 0 Å². The number of unbranched alkanes of at least 4 members (excludes halogenated alkanes) is 2. The quantitative estimate of drug-likeness (QED) is 0.261. The van der Waals surface area contributed by atoms with Crippen molar-refractivity contribution in [3.63, 3.8) is 0 Å². The molecule has 0 fully saturated rings. The molecule has 0 aliphatic carbocycles. The van der Waals surface area contributed by atoms with Gasteiger partial charge in [0.05, 0.1) is 42.2 Å². The van der Waals surface area contributed by atoms with Crippen molar-refractivity contribution in [2.24, 2.45) is 0 Å². The van der Waals surface area contributed by atoms with Crippen LogP contribution in [0.5, 0.6) is 34.5 Å². The Kier molecular flexibility index (Phi) is 11.3. The molecule has 0 unspecified atom stereocenters. The number of rotatable bonds is 15. The van der Waals surface area contributed by atoms with Gasteiger partial charge in [-0.3, -0.25) is 4.79 Å². The zero-order valence-electron chi connectivity index (χ0n) is 21.0. The van der Waals surface area contributed by atoms with Crippen molar-refractivity contribution in [1.82, 2.24) is 0 Å². The van der Waals surface area contributed by atoms with Crippen molar-refractivity contribution < 1.29 is 38.3 Å². The third kappa shape index (κ3) is 8.17. The van der Waals surface area contributed by atoms with Gasteiger partial charge in [-0.05, 0) is 54.7 Å². The maximum atomic E-state index is 10.6. The summed E-state index contributed by atoms with van der Waals surface area (Å²) in [4.78, 5) is 10.6. The number of hydrogen-bond acceptors (Lipinski definition) is 7. The van der Waals surface area contributed by atoms with Crippen LogP contribution in [0.1, 0.15) is 36.8 Å². The van der Waals surface area contributed by atoms with Gasteiger partial charge >= 0.3 is 5.97 Å². The lowest BCUT2D eigenvalue weighted by Crippen LogP contribution is -2.02. The molecule has 190 valence electrons. The van der Waals surface area contributed by atoms with Gasteiger partial charge in [-0.15, -0.1) is 0 Å². The first-order chi connectivity index (χ1) is 17.0. The van der Waals surface area contributed by atoms with Crippen molar-refractivity contribution in [1.29, 1.82) is 0 Å². The second-order valence-corrected chi connectivity index (χ2v) is 7.48. The Labute approximate surface area is 206 Å². The van der Waals surface area contributed by atoms with Crippen LogP contribution in [-0.4, -0.2) is 53.2 Å². The number of ether oxygens (including phenoxy) is 6. The molecular weight excluding hydrogens is 452 g/mol. The third-order valence-electron chi connectivity index (χ3n) is 5.14. The van der Waals surface area contributed by atoms with E-state index in [0.717, 1.165) is 24.0 Å². The lowest BCUT2D eigenvalue weighted by Gasteiger charge is -2.15. The van der Waals surface area contributed by atoms with Crippen molar-refractivity contribution in [3.8, 4) is 34.5 Å². The van der Waals surface area contributed by atoms with Crippen LogP contribution in [0.4, 0.5) is 0 Å². The molecule has 0 saturated carbocycles. The van der Waals surface area contributed by atoms with Gasteiger partial charge in [-0.1, -0.05) is 24.3 Å². The molecule has 8 heteroatoms. The summed E-state index contributed by atoms with van der Waals surface area (Å²) in [6, 6.07) is 7.47. The molecule has 0 amide bonds. The molecule has 8 nitrogen and oxygen atoms in total. The van der Waals surface area contributed by atoms with Crippen molar-refractivity contribution in [2.45, 2.75) is 25.7 Å². The first-order valence-electron chi connectivity index (χ1n) is 11.2. The molecular formula is C27H34O8. The fraction of sp³-hybridized carbons (Fsp3) is 0.370. The Morgan fingerprint density at radius 2 is 1.14 bits per heavy atom. The molecule has 0 bridgehead atoms. The molecule has 2 aromatic carbocycles. The Morgan fingerprint density at radius 3 is 1.54 bits per heavy atom. The highest BCUT2D eigenvalue weighted by atomic mass is 16.5. The van der Waals surface area contributed by atoms with Crippen LogP contribution >= 0.6 is 0 Å². The number of benzene rings is 2. The monoisotopic (exact) mass is 486 g/mol. The first-order valence-corrected chi connectivity index (χ1v) is 11.2. The number of hydrogen-bond donors (Lipinski definition) is 1. The van der Waals surface area contributed by atoms with Crippen molar-refractivity contribution in [2.75, 3.05) is 42.2 Å². The summed E-state index contributed by atoms with van der Waals surface area (Å²) >= 11 is 0. The molecule has 0 heterocycles. The number of carboxylic acids is 1. The van der Waals surface area contributed by atoms with Crippen LogP contribution in [0, 0.1) is 0 Å². The number of carboxylic acid groups (broad SMARTS) is 1. The number of carbonyl (C=O) groups is 1. The molecule has 2 rings (SSSR count). The molecule has 0 spiro atoms. The molecule has 1 N–H and O–H groups in total. The van der Waals surface area contributed by atoms with E-state index in [1.165, 1.54) is 0 Å². The largest absolute Gasteiger partial charge is 0.493 e. The van der Waals surface area contributed by atoms with Crippen LogP contribution in [0.25, 0.3) is 12.2 Å². The summed E-state index contributed by atoms with van der Waals surface area (Å²) in [5.74, 6) is 2.58. The number of methoxy groups -OCH3 is 5. The van der Waals surface area contributed by atoms with E-state index in [-0.39, 0.29) is 6.42 Å². The van der Waals surface area contributed by atoms with Crippen LogP contribution in [-0.2, 0) is 4.79 Å². The van der Waals surface area contributed by atoms with Crippen molar-refractivity contribution in [3.05, 3.63) is 47.5 Å². The van der Waals surface area contributed by atoms with E-state index in [2.05, 4.69) is 0 Å². The molecule has 0 atom stereocenters. The van der Waals surface area contributed by atoms with Gasteiger partial charge in [0.1, 0.15) is 0 Å². The van der Waals surface area contributed by atoms with Gasteiger partial charge < -0.3 is 33.5 Å². The molecule has 0 aliphatic rings. The van der Waals surface area contributed by atoms with Gasteiger partial charge in [0.15, 0.2) is 23.0 Å². The summed E-state index contributed by atoms with van der Waals surface area (Å²) in [6.45, 7) is 0.444. The third-order valence-corrected chi connectivity index (χ3v) is 5.14. The standard InChI is InChI=1S/C27H34O8/c1-30-21-15-19(16-22(31-2)26(21)34-5)11-8-9-12-20-17-23(32-3)27(24(18-20)33-4)35-14-10-6-7-13-25(28)29/h8-9,11-12,15-18H,6-7,10,13-14H2,1-5H3,(H,28,29). The van der Waals surface area contributed by atoms with Gasteiger partial charge in [-0.2, -0.15) is 0 Å². The predicted molar refractivity (Wildman–Crippen MR) is 135 cm³/mol. The average molecular weight is 487 g/mol. The highest BCUT2D eigenvalue weighted by Crippen LogP contribution is 2.40. The minimum atomic E-state index is -0.781. The van der Waals surface area contributed by atoms with E-state index in [4.69, 9.17) is 33.5 Å². The maximum Gasteiger partial charge on any atom is 0.303 e. The summed E-state index contributed by atoms with van der Waals surface area (Å²) in [5.41, 5.74) is 1.77. The molecule has 0 radical (unpaired) electrons. The fourth-order valence-corrected chi connectivity index (χ4v) is 3.40. The van der Waals surface area contributed by atoms with E-state index < -0.39 is 5.97 Å². The number of allylic oxidation sites excluding steroid dienone is 2. The molecule has 35 heavy (non-hydrogen) atoms. The fourth-order valence-electron chi connectivity index (χ4n) is 3.40. The summed E-state index contributed by atoms with van der Waals surface area (Å²) < 4.78 is 33.1. The zero-order chi connectivity index (χ0) is 25.6. The van der Waals surface area contributed by atoms with Gasteiger partial charge in [0.25, 0.3) is 0 Å². The summed E-state index contributed by atoms with van der Waals surface area (Å²) in [5, 5.41) is 8.72. The first kappa shape index (κ1) is 27.4. The van der Waals surface area contributed by atoms with E-state index >= 15 is 0 Å². The maximum absolute atomic E-state index is 10.6. The Hall–Kier alpha value is -3.81. The lowest BCUT2D eigenvalue weighted by atomic mass is 10.1. The molecule has 0 aromatic heterocycles. The van der Waals surface area contributed by atoms with Crippen LogP contribution in [0.2, 0.25) is 0 Å². The van der Waals surface area contributed by atoms with E-state index in [9.17, 15) is 4.79 Å². The van der Waals surface area contributed by atoms with Gasteiger partial charge in [0.2, 0.25) is 11.5 Å². The van der Waals surface area contributed by atoms with E-state index in [1.807, 2.05) is 48.6 Å². The summed E-state index contributed by atoms with van der Waals surface area (Å²) in [6.07, 6.45) is 9.97. The lowest BCUT2D eigenvalue weighted by molar-refractivity contribution is -0.137. The summed E-state index contributed by atoms with van der Waals surface area (Å²) in [7, 11) is 7.88. The zero-order valence-corrected chi connectivity index (χ0v) is 21.0. The minimum absolute atomic E-state index is 0.168. The van der Waals surface area contributed by atoms with Gasteiger partial charge in [0, 0.05) is 6.42 Å². The second kappa shape index (κ2) is 14.5. The smallest absolute Gasteiger partial charge is 0.303 e. The normalized spacial score (nSPS) is 11.0. The molecule has 2 aromatic rings. The van der Waals surface area contributed by atoms with Crippen LogP contribution in [0.15, 0.2) is 36.4 Å². The predicted octanol–water partition coefficient (Wildman–Crippen LogP) is 5.48.